The molecule has 0 radical (unpaired) electrons. The molecule has 0 saturated carbocycles. The van der Waals surface area contributed by atoms with E-state index in [1.807, 2.05) is 12.1 Å². The summed E-state index contributed by atoms with van der Waals surface area (Å²) >= 11 is 5.91. The molecule has 0 heterocycles. The third kappa shape index (κ3) is 2.56. The van der Waals surface area contributed by atoms with Crippen LogP contribution < -0.4 is 0 Å². The molecule has 1 aromatic carbocycles. The van der Waals surface area contributed by atoms with Crippen LogP contribution >= 0.6 is 11.6 Å². The fraction of sp³-hybridized carbons (Fsp3) is 0.312. The highest BCUT2D eigenvalue weighted by molar-refractivity contribution is 6.30. The lowest BCUT2D eigenvalue weighted by Gasteiger charge is -2.18. The number of hydrogen-bond donors (Lipinski definition) is 0. The number of allylic oxidation sites excluding steroid dienone is 4. The van der Waals surface area contributed by atoms with Crippen molar-refractivity contribution in [3.8, 4) is 0 Å². The van der Waals surface area contributed by atoms with Gasteiger partial charge in [-0.15, -0.1) is 0 Å². The van der Waals surface area contributed by atoms with Crippen LogP contribution in [0, 0.1) is 5.41 Å². The summed E-state index contributed by atoms with van der Waals surface area (Å²) in [5.74, 6) is 0.177. The first-order valence-electron chi connectivity index (χ1n) is 6.07. The van der Waals surface area contributed by atoms with Crippen molar-refractivity contribution in [3.63, 3.8) is 0 Å². The maximum absolute atomic E-state index is 11.1. The Kier molecular flexibility index (Phi) is 3.45. The van der Waals surface area contributed by atoms with Crippen molar-refractivity contribution in [2.75, 3.05) is 0 Å². The van der Waals surface area contributed by atoms with Gasteiger partial charge in [0.05, 0.1) is 0 Å². The van der Waals surface area contributed by atoms with Crippen molar-refractivity contribution in [3.05, 3.63) is 58.1 Å². The Morgan fingerprint density at radius 3 is 2.56 bits per heavy atom. The molecule has 0 amide bonds. The lowest BCUT2D eigenvalue weighted by molar-refractivity contribution is 0.112. The van der Waals surface area contributed by atoms with E-state index in [1.165, 1.54) is 5.57 Å². The van der Waals surface area contributed by atoms with Crippen LogP contribution in [0.15, 0.2) is 42.0 Å². The minimum atomic E-state index is 0.138. The third-order valence-electron chi connectivity index (χ3n) is 3.24. The van der Waals surface area contributed by atoms with Gasteiger partial charge in [0, 0.05) is 16.5 Å². The van der Waals surface area contributed by atoms with Crippen LogP contribution in [0.3, 0.4) is 0 Å². The average molecular weight is 261 g/mol. The monoisotopic (exact) mass is 260 g/mol. The van der Waals surface area contributed by atoms with Gasteiger partial charge in [0.1, 0.15) is 6.29 Å². The molecule has 0 saturated heterocycles. The molecule has 2 rings (SSSR count). The first-order chi connectivity index (χ1) is 8.41. The number of benzene rings is 1. The summed E-state index contributed by atoms with van der Waals surface area (Å²) < 4.78 is 0. The van der Waals surface area contributed by atoms with Gasteiger partial charge in [0.2, 0.25) is 0 Å². The fourth-order valence-corrected chi connectivity index (χ4v) is 2.34. The van der Waals surface area contributed by atoms with E-state index >= 15 is 0 Å². The van der Waals surface area contributed by atoms with E-state index in [0.29, 0.717) is 10.6 Å². The molecule has 0 aliphatic heterocycles. The van der Waals surface area contributed by atoms with Crippen molar-refractivity contribution in [2.45, 2.75) is 26.7 Å². The first kappa shape index (κ1) is 13.1. The van der Waals surface area contributed by atoms with E-state index in [0.717, 1.165) is 11.8 Å². The molecule has 94 valence electrons. The second-order valence-corrected chi connectivity index (χ2v) is 6.08. The second-order valence-electron chi connectivity index (χ2n) is 5.65. The van der Waals surface area contributed by atoms with Crippen LogP contribution in [-0.2, 0) is 0 Å². The first-order valence-corrected chi connectivity index (χ1v) is 6.45. The molecule has 1 atom stereocenters. The summed E-state index contributed by atoms with van der Waals surface area (Å²) in [6.45, 7) is 6.57. The Labute approximate surface area is 113 Å². The Balaban J connectivity index is 2.39. The topological polar surface area (TPSA) is 17.1 Å². The molecule has 1 aromatic rings. The molecule has 0 aromatic heterocycles. The number of rotatable bonds is 2. The second kappa shape index (κ2) is 4.74. The number of aldehydes is 1. The van der Waals surface area contributed by atoms with Gasteiger partial charge in [-0.2, -0.15) is 0 Å². The normalized spacial score (nSPS) is 18.9. The zero-order valence-corrected chi connectivity index (χ0v) is 11.7. The Morgan fingerprint density at radius 2 is 2.00 bits per heavy atom. The molecule has 0 bridgehead atoms. The van der Waals surface area contributed by atoms with Gasteiger partial charge in [0.25, 0.3) is 0 Å². The maximum Gasteiger partial charge on any atom is 0.150 e. The SMILES string of the molecule is CC(C)(C)C1=CC(c2ccc(Cl)cc2C=O)C=C1. The number of hydrogen-bond acceptors (Lipinski definition) is 1. The van der Waals surface area contributed by atoms with Crippen LogP contribution in [0.25, 0.3) is 0 Å². The molecule has 1 aliphatic rings. The van der Waals surface area contributed by atoms with Crippen LogP contribution in [0.2, 0.25) is 5.02 Å². The molecule has 18 heavy (non-hydrogen) atoms. The van der Waals surface area contributed by atoms with Crippen molar-refractivity contribution in [1.82, 2.24) is 0 Å². The van der Waals surface area contributed by atoms with Crippen molar-refractivity contribution in [1.29, 1.82) is 0 Å². The molecular formula is C16H17ClO. The zero-order chi connectivity index (χ0) is 13.3. The van der Waals surface area contributed by atoms with Crippen LogP contribution in [0.5, 0.6) is 0 Å². The van der Waals surface area contributed by atoms with Crippen LogP contribution in [0.4, 0.5) is 0 Å². The van der Waals surface area contributed by atoms with Gasteiger partial charge in [-0.1, -0.05) is 56.7 Å². The highest BCUT2D eigenvalue weighted by Crippen LogP contribution is 2.36. The van der Waals surface area contributed by atoms with E-state index in [4.69, 9.17) is 11.6 Å². The van der Waals surface area contributed by atoms with Crippen molar-refractivity contribution >= 4 is 17.9 Å². The summed E-state index contributed by atoms with van der Waals surface area (Å²) in [4.78, 5) is 11.1. The minimum Gasteiger partial charge on any atom is -0.298 e. The number of halogens is 1. The molecular weight excluding hydrogens is 244 g/mol. The van der Waals surface area contributed by atoms with Gasteiger partial charge >= 0.3 is 0 Å². The van der Waals surface area contributed by atoms with Gasteiger partial charge in [-0.3, -0.25) is 4.79 Å². The van der Waals surface area contributed by atoms with Gasteiger partial charge in [-0.05, 0) is 28.7 Å². The predicted octanol–water partition coefficient (Wildman–Crippen LogP) is 4.78. The highest BCUT2D eigenvalue weighted by atomic mass is 35.5. The highest BCUT2D eigenvalue weighted by Gasteiger charge is 2.22. The fourth-order valence-electron chi connectivity index (χ4n) is 2.16. The van der Waals surface area contributed by atoms with Crippen LogP contribution in [0.1, 0.15) is 42.6 Å². The largest absolute Gasteiger partial charge is 0.298 e. The Morgan fingerprint density at radius 1 is 1.28 bits per heavy atom. The molecule has 2 heteroatoms. The number of carbonyl (C=O) groups excluding carboxylic acids is 1. The van der Waals surface area contributed by atoms with Crippen LogP contribution in [-0.4, -0.2) is 6.29 Å². The van der Waals surface area contributed by atoms with E-state index in [-0.39, 0.29) is 11.3 Å². The van der Waals surface area contributed by atoms with Gasteiger partial charge < -0.3 is 0 Å². The van der Waals surface area contributed by atoms with Crippen molar-refractivity contribution in [2.24, 2.45) is 5.41 Å². The van der Waals surface area contributed by atoms with Gasteiger partial charge in [0.15, 0.2) is 0 Å². The summed E-state index contributed by atoms with van der Waals surface area (Å²) in [6.07, 6.45) is 7.37. The van der Waals surface area contributed by atoms with E-state index in [9.17, 15) is 4.79 Å². The zero-order valence-electron chi connectivity index (χ0n) is 10.9. The summed E-state index contributed by atoms with van der Waals surface area (Å²) in [5, 5.41) is 0.600. The summed E-state index contributed by atoms with van der Waals surface area (Å²) in [5.41, 5.74) is 3.13. The number of carbonyl (C=O) groups is 1. The van der Waals surface area contributed by atoms with E-state index < -0.39 is 0 Å². The van der Waals surface area contributed by atoms with E-state index in [1.54, 1.807) is 6.07 Å². The quantitative estimate of drug-likeness (QED) is 0.700. The molecule has 0 spiro atoms. The summed E-state index contributed by atoms with van der Waals surface area (Å²) in [6, 6.07) is 5.49. The van der Waals surface area contributed by atoms with Crippen molar-refractivity contribution < 1.29 is 4.79 Å². The van der Waals surface area contributed by atoms with E-state index in [2.05, 4.69) is 39.0 Å². The molecule has 1 unspecified atom stereocenters. The minimum absolute atomic E-state index is 0.138. The van der Waals surface area contributed by atoms with Gasteiger partial charge in [-0.25, -0.2) is 0 Å². The molecule has 0 fully saturated rings. The Hall–Kier alpha value is -1.34. The maximum atomic E-state index is 11.1. The average Bonchev–Trinajstić information content (AvgIpc) is 2.77. The Bertz CT molecular complexity index is 533. The predicted molar refractivity (Wildman–Crippen MR) is 76.3 cm³/mol. The summed E-state index contributed by atoms with van der Waals surface area (Å²) in [7, 11) is 0. The third-order valence-corrected chi connectivity index (χ3v) is 3.48. The smallest absolute Gasteiger partial charge is 0.150 e. The molecule has 0 N–H and O–H groups in total. The lowest BCUT2D eigenvalue weighted by Crippen LogP contribution is -2.06. The molecule has 1 aliphatic carbocycles. The molecule has 1 nitrogen and oxygen atoms in total. The lowest BCUT2D eigenvalue weighted by atomic mass is 9.86. The standard InChI is InChI=1S/C16H17ClO/c1-16(2,3)13-5-4-11(8-13)15-7-6-14(17)9-12(15)10-18/h4-11H,1-3H3.